The van der Waals surface area contributed by atoms with E-state index in [2.05, 4.69) is 30.7 Å². The van der Waals surface area contributed by atoms with Gasteiger partial charge in [-0.25, -0.2) is 0 Å². The second kappa shape index (κ2) is 19.9. The van der Waals surface area contributed by atoms with Crippen molar-refractivity contribution in [2.45, 2.75) is 124 Å². The molecule has 0 aromatic carbocycles. The van der Waals surface area contributed by atoms with Crippen LogP contribution in [0.4, 0.5) is 0 Å². The van der Waals surface area contributed by atoms with Gasteiger partial charge in [-0.3, -0.25) is 0 Å². The number of rotatable bonds is 20. The van der Waals surface area contributed by atoms with Crippen LogP contribution in [0.1, 0.15) is 110 Å². The van der Waals surface area contributed by atoms with Crippen LogP contribution in [0, 0.1) is 0 Å². The van der Waals surface area contributed by atoms with E-state index in [9.17, 15) is 4.79 Å². The van der Waals surface area contributed by atoms with E-state index >= 15 is 0 Å². The summed E-state index contributed by atoms with van der Waals surface area (Å²) in [6.07, 6.45) is 21.0. The Kier molecular flexibility index (Phi) is 20.4. The molecule has 0 rings (SSSR count). The van der Waals surface area contributed by atoms with E-state index in [0.29, 0.717) is 13.0 Å². The molecular weight excluding hydrogens is 459 g/mol. The molecule has 0 N–H and O–H groups in total. The van der Waals surface area contributed by atoms with Gasteiger partial charge in [0.25, 0.3) is 0 Å². The van der Waals surface area contributed by atoms with Crippen LogP contribution in [0.25, 0.3) is 0 Å². The predicted molar refractivity (Wildman–Crippen MR) is 126 cm³/mol. The number of carbonyl (C=O) groups excluding carboxylic acids is 1. The normalized spacial score (nSPS) is 11.7. The van der Waals surface area contributed by atoms with Gasteiger partial charge in [0, 0.05) is 0 Å². The maximum atomic E-state index is 11.7. The maximum absolute atomic E-state index is 11.7. The van der Waals surface area contributed by atoms with Gasteiger partial charge in [-0.2, -0.15) is 0 Å². The third-order valence-electron chi connectivity index (χ3n) is 4.87. The summed E-state index contributed by atoms with van der Waals surface area (Å²) in [7, 11) is 2.06. The first kappa shape index (κ1) is 27.6. The summed E-state index contributed by atoms with van der Waals surface area (Å²) < 4.78 is 5.33. The zero-order valence-electron chi connectivity index (χ0n) is 19.0. The minimum atomic E-state index is -1.74. The van der Waals surface area contributed by atoms with Crippen molar-refractivity contribution < 1.29 is 9.53 Å². The van der Waals surface area contributed by atoms with Crippen LogP contribution in [0.15, 0.2) is 0 Å². The SMILES string of the molecule is CCCCCCCCCCCCCCCCCC(=O)OCC[S][Sn]([CH3])([CH3])[CH3]. The van der Waals surface area contributed by atoms with Gasteiger partial charge in [-0.05, 0) is 0 Å². The molecule has 0 amide bonds. The van der Waals surface area contributed by atoms with Gasteiger partial charge in [0.1, 0.15) is 0 Å². The first-order chi connectivity index (χ1) is 13.0. The van der Waals surface area contributed by atoms with Crippen LogP contribution in [-0.4, -0.2) is 35.3 Å². The summed E-state index contributed by atoms with van der Waals surface area (Å²) in [5.41, 5.74) is 0. The zero-order valence-corrected chi connectivity index (χ0v) is 22.6. The van der Waals surface area contributed by atoms with E-state index in [4.69, 9.17) is 4.74 Å². The molecule has 0 saturated carbocycles. The monoisotopic (exact) mass is 508 g/mol. The van der Waals surface area contributed by atoms with Crippen LogP contribution < -0.4 is 0 Å². The van der Waals surface area contributed by atoms with Crippen molar-refractivity contribution in [1.82, 2.24) is 0 Å². The van der Waals surface area contributed by atoms with Gasteiger partial charge in [0.05, 0.1) is 0 Å². The van der Waals surface area contributed by atoms with E-state index in [1.165, 1.54) is 89.9 Å². The Morgan fingerprint density at radius 3 is 1.52 bits per heavy atom. The average molecular weight is 507 g/mol. The van der Waals surface area contributed by atoms with Crippen molar-refractivity contribution >= 4 is 31.9 Å². The van der Waals surface area contributed by atoms with E-state index < -0.39 is 17.0 Å². The van der Waals surface area contributed by atoms with Crippen molar-refractivity contribution in [3.8, 4) is 0 Å². The predicted octanol–water partition coefficient (Wildman–Crippen LogP) is 8.36. The molecule has 0 unspecified atom stereocenters. The zero-order chi connectivity index (χ0) is 20.2. The standard InChI is InChI=1S/C20H40O2S.3CH3.Sn/c1-2-3-4-5-6-7-8-9-10-11-12-13-14-15-16-17-20(21)22-18-19-23;;;;/h23H,2-19H2,1H3;3*1H3;/q;;;;+1/p-1. The molecule has 0 atom stereocenters. The fourth-order valence-electron chi connectivity index (χ4n) is 3.22. The van der Waals surface area contributed by atoms with Gasteiger partial charge in [0.2, 0.25) is 0 Å². The van der Waals surface area contributed by atoms with Crippen molar-refractivity contribution in [1.29, 1.82) is 0 Å². The van der Waals surface area contributed by atoms with Gasteiger partial charge in [-0.1, -0.05) is 64.7 Å². The molecule has 4 heteroatoms. The average Bonchev–Trinajstić information content (AvgIpc) is 2.61. The Balaban J connectivity index is 3.17. The molecule has 0 aliphatic carbocycles. The quantitative estimate of drug-likeness (QED) is 0.0941. The van der Waals surface area contributed by atoms with Crippen LogP contribution in [0.2, 0.25) is 14.8 Å². The van der Waals surface area contributed by atoms with Crippen molar-refractivity contribution in [2.75, 3.05) is 12.4 Å². The third-order valence-corrected chi connectivity index (χ3v) is 15.3. The Hall–Kier alpha value is 0.619. The number of hydrogen-bond acceptors (Lipinski definition) is 3. The Bertz CT molecular complexity index is 329. The second-order valence-electron chi connectivity index (χ2n) is 8.88. The van der Waals surface area contributed by atoms with Crippen LogP contribution in [0.3, 0.4) is 0 Å². The fourth-order valence-corrected chi connectivity index (χ4v) is 9.95. The molecule has 0 aromatic heterocycles. The molecule has 0 fully saturated rings. The first-order valence-electron chi connectivity index (χ1n) is 11.8. The summed E-state index contributed by atoms with van der Waals surface area (Å²) >= 11 is -1.74. The van der Waals surface area contributed by atoms with Gasteiger partial charge in [0.15, 0.2) is 0 Å². The number of hydrogen-bond donors (Lipinski definition) is 0. The Morgan fingerprint density at radius 1 is 0.704 bits per heavy atom. The summed E-state index contributed by atoms with van der Waals surface area (Å²) in [5, 5.41) is 0. The minimum absolute atomic E-state index is 0.00871. The number of ether oxygens (including phenoxy) is 1. The topological polar surface area (TPSA) is 26.3 Å². The molecule has 0 aromatic rings. The summed E-state index contributed by atoms with van der Waals surface area (Å²) in [6, 6.07) is 0. The van der Waals surface area contributed by atoms with Crippen LogP contribution in [-0.2, 0) is 9.53 Å². The molecule has 0 aliphatic rings. The van der Waals surface area contributed by atoms with E-state index in [-0.39, 0.29) is 5.97 Å². The van der Waals surface area contributed by atoms with Gasteiger partial charge >= 0.3 is 114 Å². The molecule has 0 bridgehead atoms. The third kappa shape index (κ3) is 24.6. The molecular formula is C23H48O2SSn. The molecule has 0 heterocycles. The molecule has 0 radical (unpaired) electrons. The van der Waals surface area contributed by atoms with Gasteiger partial charge in [-0.15, -0.1) is 0 Å². The Morgan fingerprint density at radius 2 is 1.11 bits per heavy atom. The summed E-state index contributed by atoms with van der Waals surface area (Å²) in [4.78, 5) is 18.9. The fraction of sp³-hybridized carbons (Fsp3) is 0.957. The summed E-state index contributed by atoms with van der Waals surface area (Å²) in [6.45, 7) is 2.89. The molecule has 0 saturated heterocycles. The number of carbonyl (C=O) groups is 1. The second-order valence-corrected chi connectivity index (χ2v) is 32.3. The number of unbranched alkanes of at least 4 members (excludes halogenated alkanes) is 14. The van der Waals surface area contributed by atoms with Gasteiger partial charge < -0.3 is 0 Å². The van der Waals surface area contributed by atoms with E-state index in [0.717, 1.165) is 12.2 Å². The van der Waals surface area contributed by atoms with Crippen molar-refractivity contribution in [2.24, 2.45) is 0 Å². The molecule has 0 spiro atoms. The van der Waals surface area contributed by atoms with E-state index in [1.54, 1.807) is 0 Å². The molecule has 2 nitrogen and oxygen atoms in total. The van der Waals surface area contributed by atoms with Crippen LogP contribution >= 0.6 is 8.95 Å². The van der Waals surface area contributed by atoms with Crippen LogP contribution in [0.5, 0.6) is 0 Å². The van der Waals surface area contributed by atoms with Crippen molar-refractivity contribution in [3.05, 3.63) is 0 Å². The summed E-state index contributed by atoms with van der Waals surface area (Å²) in [5.74, 6) is 0.999. The molecule has 27 heavy (non-hydrogen) atoms. The number of esters is 1. The molecule has 0 aliphatic heterocycles. The van der Waals surface area contributed by atoms with Crippen molar-refractivity contribution in [3.63, 3.8) is 0 Å². The Labute approximate surface area is 177 Å². The molecule has 162 valence electrons. The van der Waals surface area contributed by atoms with E-state index in [1.807, 2.05) is 0 Å². The first-order valence-corrected chi connectivity index (χ1v) is 24.8.